The molecule has 3 aliphatic rings. The summed E-state index contributed by atoms with van der Waals surface area (Å²) in [5.74, 6) is 0.158. The van der Waals surface area contributed by atoms with Crippen LogP contribution in [0.25, 0.3) is 0 Å². The van der Waals surface area contributed by atoms with Crippen LogP contribution in [0, 0.1) is 16.7 Å². The minimum Gasteiger partial charge on any atom is -0.393 e. The van der Waals surface area contributed by atoms with Gasteiger partial charge in [0, 0.05) is 18.4 Å². The second-order valence-corrected chi connectivity index (χ2v) is 14.6. The Balaban J connectivity index is 1.92. The molecule has 0 unspecified atom stereocenters. The summed E-state index contributed by atoms with van der Waals surface area (Å²) in [6.45, 7) is 15.4. The van der Waals surface area contributed by atoms with Crippen LogP contribution in [-0.4, -0.2) is 55.2 Å². The average Bonchev–Trinajstić information content (AvgIpc) is 3.09. The number of carbonyl (C=O) groups excluding carboxylic acids is 1. The first kappa shape index (κ1) is 32.2. The molecule has 222 valence electrons. The molecular weight excluding hydrogens is 490 g/mol. The lowest BCUT2D eigenvalue weighted by molar-refractivity contribution is -0.135. The average molecular weight is 546 g/mol. The van der Waals surface area contributed by atoms with E-state index in [0.29, 0.717) is 37.2 Å². The third-order valence-corrected chi connectivity index (χ3v) is 10.7. The first-order chi connectivity index (χ1) is 17.8. The van der Waals surface area contributed by atoms with E-state index in [0.717, 1.165) is 50.5 Å². The molecule has 6 nitrogen and oxygen atoms in total. The lowest BCUT2D eigenvalue weighted by Gasteiger charge is -2.57. The van der Waals surface area contributed by atoms with Crippen LogP contribution in [0.2, 0.25) is 0 Å². The van der Waals surface area contributed by atoms with Gasteiger partial charge in [-0.3, -0.25) is 4.79 Å². The van der Waals surface area contributed by atoms with Crippen molar-refractivity contribution < 1.29 is 25.2 Å². The van der Waals surface area contributed by atoms with Gasteiger partial charge in [-0.1, -0.05) is 44.6 Å². The SMILES string of the molecule is C=C1/C(=C\C=C2/CCC[C@@]3(C)[C@H]2CC[C@]3(N)[C@@](C)(CCCC(C)(C)O)CCC(=O)C(C)(C)O)C[C@@H](O)C[C@@H]1O. The van der Waals surface area contributed by atoms with E-state index in [9.17, 15) is 25.2 Å². The van der Waals surface area contributed by atoms with Crippen molar-refractivity contribution in [3.63, 3.8) is 0 Å². The monoisotopic (exact) mass is 545 g/mol. The van der Waals surface area contributed by atoms with Crippen molar-refractivity contribution in [1.29, 1.82) is 0 Å². The summed E-state index contributed by atoms with van der Waals surface area (Å²) in [5.41, 5.74) is 7.45. The number of ketones is 1. The summed E-state index contributed by atoms with van der Waals surface area (Å²) in [6.07, 6.45) is 11.9. The van der Waals surface area contributed by atoms with Gasteiger partial charge in [0.25, 0.3) is 0 Å². The number of rotatable bonds is 10. The van der Waals surface area contributed by atoms with Crippen molar-refractivity contribution in [3.8, 4) is 0 Å². The Morgan fingerprint density at radius 2 is 1.74 bits per heavy atom. The van der Waals surface area contributed by atoms with Crippen molar-refractivity contribution in [2.24, 2.45) is 22.5 Å². The number of aliphatic hydroxyl groups excluding tert-OH is 2. The van der Waals surface area contributed by atoms with E-state index in [-0.39, 0.29) is 23.0 Å². The first-order valence-electron chi connectivity index (χ1n) is 15.0. The fraction of sp³-hybridized carbons (Fsp3) is 0.788. The van der Waals surface area contributed by atoms with E-state index in [1.165, 1.54) is 5.57 Å². The third-order valence-electron chi connectivity index (χ3n) is 10.7. The van der Waals surface area contributed by atoms with Gasteiger partial charge < -0.3 is 26.2 Å². The molecule has 0 heterocycles. The molecule has 0 aliphatic heterocycles. The lowest BCUT2D eigenvalue weighted by Crippen LogP contribution is -2.63. The molecule has 39 heavy (non-hydrogen) atoms. The summed E-state index contributed by atoms with van der Waals surface area (Å²) in [7, 11) is 0. The summed E-state index contributed by atoms with van der Waals surface area (Å²) in [4.78, 5) is 12.8. The van der Waals surface area contributed by atoms with Gasteiger partial charge in [0.2, 0.25) is 0 Å². The minimum absolute atomic E-state index is 0.153. The highest BCUT2D eigenvalue weighted by atomic mass is 16.3. The normalized spacial score (nSPS) is 35.8. The molecule has 0 bridgehead atoms. The number of carbonyl (C=O) groups is 1. The van der Waals surface area contributed by atoms with Gasteiger partial charge in [-0.2, -0.15) is 0 Å². The molecule has 6 N–H and O–H groups in total. The van der Waals surface area contributed by atoms with Gasteiger partial charge in [-0.05, 0) is 113 Å². The minimum atomic E-state index is -1.36. The van der Waals surface area contributed by atoms with Gasteiger partial charge in [-0.15, -0.1) is 0 Å². The van der Waals surface area contributed by atoms with E-state index in [1.54, 1.807) is 13.8 Å². The van der Waals surface area contributed by atoms with Crippen molar-refractivity contribution in [3.05, 3.63) is 35.5 Å². The van der Waals surface area contributed by atoms with Crippen LogP contribution in [-0.2, 0) is 4.79 Å². The Kier molecular flexibility index (Phi) is 9.51. The van der Waals surface area contributed by atoms with Gasteiger partial charge in [-0.25, -0.2) is 0 Å². The number of aliphatic hydroxyl groups is 4. The van der Waals surface area contributed by atoms with Gasteiger partial charge in [0.15, 0.2) is 5.78 Å². The number of nitrogens with two attached hydrogens (primary N) is 1. The molecule has 0 radical (unpaired) electrons. The largest absolute Gasteiger partial charge is 0.393 e. The van der Waals surface area contributed by atoms with Crippen LogP contribution in [0.15, 0.2) is 35.5 Å². The Morgan fingerprint density at radius 3 is 2.36 bits per heavy atom. The van der Waals surface area contributed by atoms with Crippen LogP contribution in [0.5, 0.6) is 0 Å². The Morgan fingerprint density at radius 1 is 1.08 bits per heavy atom. The van der Waals surface area contributed by atoms with E-state index < -0.39 is 28.9 Å². The maximum Gasteiger partial charge on any atom is 0.163 e. The molecule has 0 aromatic rings. The van der Waals surface area contributed by atoms with E-state index in [2.05, 4.69) is 32.6 Å². The first-order valence-corrected chi connectivity index (χ1v) is 15.0. The highest BCUT2D eigenvalue weighted by Gasteiger charge is 2.63. The molecule has 0 aromatic heterocycles. The van der Waals surface area contributed by atoms with Crippen LogP contribution in [0.4, 0.5) is 0 Å². The zero-order chi connectivity index (χ0) is 29.4. The molecular formula is C33H55NO5. The zero-order valence-electron chi connectivity index (χ0n) is 25.4. The molecule has 3 rings (SSSR count). The van der Waals surface area contributed by atoms with E-state index in [1.807, 2.05) is 13.8 Å². The smallest absolute Gasteiger partial charge is 0.163 e. The zero-order valence-corrected chi connectivity index (χ0v) is 25.4. The fourth-order valence-corrected chi connectivity index (χ4v) is 7.95. The van der Waals surface area contributed by atoms with Crippen molar-refractivity contribution in [2.45, 2.75) is 148 Å². The highest BCUT2D eigenvalue weighted by molar-refractivity contribution is 5.86. The predicted octanol–water partition coefficient (Wildman–Crippen LogP) is 5.28. The molecule has 0 saturated heterocycles. The second kappa shape index (κ2) is 11.5. The van der Waals surface area contributed by atoms with Crippen molar-refractivity contribution >= 4 is 5.78 Å². The summed E-state index contributed by atoms with van der Waals surface area (Å²) < 4.78 is 0. The standard InChI is InChI=1S/C33H55NO5/c1-22-24(20-25(35)21-27(22)36)12-11-23-10-8-17-32(7)26(23)13-19-33(32,34)31(6,16-9-15-29(2,3)38)18-14-28(37)30(4,5)39/h11-12,25-27,35-36,38-39H,1,8-10,13-21,34H2,2-7H3/b23-11+,24-12-/t25-,26+,27+,31+,32+,33+/m1/s1. The maximum absolute atomic E-state index is 12.8. The molecule has 3 saturated carbocycles. The molecule has 3 aliphatic carbocycles. The number of hydrogen-bond donors (Lipinski definition) is 5. The van der Waals surface area contributed by atoms with E-state index >= 15 is 0 Å². The Bertz CT molecular complexity index is 985. The van der Waals surface area contributed by atoms with Crippen LogP contribution in [0.3, 0.4) is 0 Å². The molecule has 0 aromatic carbocycles. The quantitative estimate of drug-likeness (QED) is 0.255. The van der Waals surface area contributed by atoms with Crippen LogP contribution in [0.1, 0.15) is 119 Å². The van der Waals surface area contributed by atoms with Gasteiger partial charge in [0.1, 0.15) is 5.60 Å². The lowest BCUT2D eigenvalue weighted by atomic mass is 9.51. The number of fused-ring (bicyclic) bond motifs is 1. The Labute approximate surface area is 236 Å². The van der Waals surface area contributed by atoms with E-state index in [4.69, 9.17) is 5.73 Å². The van der Waals surface area contributed by atoms with Crippen LogP contribution >= 0.6 is 0 Å². The van der Waals surface area contributed by atoms with Crippen molar-refractivity contribution in [2.75, 3.05) is 0 Å². The summed E-state index contributed by atoms with van der Waals surface area (Å²) in [6, 6.07) is 0. The molecule has 6 heteroatoms. The predicted molar refractivity (Wildman–Crippen MR) is 157 cm³/mol. The van der Waals surface area contributed by atoms with Crippen LogP contribution < -0.4 is 5.73 Å². The molecule has 0 amide bonds. The maximum atomic E-state index is 12.8. The summed E-state index contributed by atoms with van der Waals surface area (Å²) in [5, 5.41) is 41.2. The van der Waals surface area contributed by atoms with Crippen molar-refractivity contribution in [1.82, 2.24) is 0 Å². The number of allylic oxidation sites excluding steroid dienone is 3. The van der Waals surface area contributed by atoms with Gasteiger partial charge >= 0.3 is 0 Å². The number of Topliss-reactive ketones (excluding diaryl/α,β-unsaturated/α-hetero) is 1. The third kappa shape index (κ3) is 6.78. The Hall–Kier alpha value is -1.31. The topological polar surface area (TPSA) is 124 Å². The molecule has 3 fully saturated rings. The second-order valence-electron chi connectivity index (χ2n) is 14.6. The summed E-state index contributed by atoms with van der Waals surface area (Å²) >= 11 is 0. The highest BCUT2D eigenvalue weighted by Crippen LogP contribution is 2.65. The molecule has 6 atom stereocenters. The van der Waals surface area contributed by atoms with Gasteiger partial charge in [0.05, 0.1) is 17.8 Å². The molecule has 0 spiro atoms. The fourth-order valence-electron chi connectivity index (χ4n) is 7.95. The number of hydrogen-bond acceptors (Lipinski definition) is 6.